The number of rotatable bonds is 5. The normalized spacial score (nSPS) is 15.5. The molecule has 6 nitrogen and oxygen atoms in total. The molecule has 138 valence electrons. The van der Waals surface area contributed by atoms with E-state index in [2.05, 4.69) is 5.16 Å². The summed E-state index contributed by atoms with van der Waals surface area (Å²) in [5.74, 6) is 2.97. The molecule has 0 radical (unpaired) electrons. The summed E-state index contributed by atoms with van der Waals surface area (Å²) in [6.45, 7) is 4.48. The van der Waals surface area contributed by atoms with Crippen molar-refractivity contribution in [2.45, 2.75) is 20.3 Å². The predicted molar refractivity (Wildman–Crippen MR) is 101 cm³/mol. The van der Waals surface area contributed by atoms with E-state index >= 15 is 0 Å². The second-order valence-electron chi connectivity index (χ2n) is 5.98. The van der Waals surface area contributed by atoms with E-state index in [4.69, 9.17) is 14.0 Å². The fraction of sp³-hybridized carbons (Fsp3) is 0.368. The number of ether oxygens (including phenoxy) is 2. The van der Waals surface area contributed by atoms with Crippen LogP contribution in [0.25, 0.3) is 6.08 Å². The molecule has 1 aromatic heterocycles. The van der Waals surface area contributed by atoms with E-state index in [9.17, 15) is 4.79 Å². The lowest BCUT2D eigenvalue weighted by Gasteiger charge is -2.17. The molecule has 0 atom stereocenters. The molecule has 0 aliphatic carbocycles. The summed E-state index contributed by atoms with van der Waals surface area (Å²) >= 11 is 1.67. The highest BCUT2D eigenvalue weighted by molar-refractivity contribution is 8.03. The van der Waals surface area contributed by atoms with Crippen LogP contribution in [-0.4, -0.2) is 42.5 Å². The summed E-state index contributed by atoms with van der Waals surface area (Å²) in [6.07, 6.45) is 2.30. The van der Waals surface area contributed by atoms with Gasteiger partial charge in [-0.05, 0) is 37.6 Å². The number of carbonyl (C=O) groups excluding carboxylic acids is 1. The first-order valence-corrected chi connectivity index (χ1v) is 9.30. The first-order valence-electron chi connectivity index (χ1n) is 8.32. The Labute approximate surface area is 157 Å². The Bertz CT molecular complexity index is 825. The maximum atomic E-state index is 12.8. The fourth-order valence-corrected chi connectivity index (χ4v) is 3.91. The van der Waals surface area contributed by atoms with Gasteiger partial charge in [-0.1, -0.05) is 11.2 Å². The average Bonchev–Trinajstić information content (AvgIpc) is 3.23. The van der Waals surface area contributed by atoms with Crippen LogP contribution in [-0.2, 0) is 11.2 Å². The van der Waals surface area contributed by atoms with Crippen molar-refractivity contribution in [3.63, 3.8) is 0 Å². The molecule has 1 aromatic carbocycles. The van der Waals surface area contributed by atoms with Crippen molar-refractivity contribution in [2.24, 2.45) is 0 Å². The molecule has 0 unspecified atom stereocenters. The molecule has 1 aliphatic heterocycles. The van der Waals surface area contributed by atoms with Gasteiger partial charge in [0, 0.05) is 17.9 Å². The quantitative estimate of drug-likeness (QED) is 0.799. The molecule has 1 aliphatic rings. The van der Waals surface area contributed by atoms with Gasteiger partial charge in [-0.2, -0.15) is 0 Å². The average molecular weight is 374 g/mol. The van der Waals surface area contributed by atoms with Gasteiger partial charge in [-0.15, -0.1) is 11.8 Å². The number of aryl methyl sites for hydroxylation is 2. The Kier molecular flexibility index (Phi) is 5.56. The first kappa shape index (κ1) is 18.4. The summed E-state index contributed by atoms with van der Waals surface area (Å²) in [6, 6.07) is 5.55. The highest BCUT2D eigenvalue weighted by Gasteiger charge is 2.25. The van der Waals surface area contributed by atoms with Gasteiger partial charge in [0.05, 0.1) is 31.4 Å². The van der Waals surface area contributed by atoms with Gasteiger partial charge < -0.3 is 18.9 Å². The third kappa shape index (κ3) is 3.72. The number of nitrogens with zero attached hydrogens (tertiary/aromatic N) is 2. The number of hydrogen-bond acceptors (Lipinski definition) is 6. The van der Waals surface area contributed by atoms with E-state index in [1.807, 2.05) is 43.0 Å². The molecule has 0 spiro atoms. The van der Waals surface area contributed by atoms with Crippen LogP contribution >= 0.6 is 11.8 Å². The number of aromatic nitrogens is 1. The van der Waals surface area contributed by atoms with E-state index in [0.717, 1.165) is 33.4 Å². The van der Waals surface area contributed by atoms with Crippen molar-refractivity contribution >= 4 is 23.7 Å². The lowest BCUT2D eigenvalue weighted by Crippen LogP contribution is -2.28. The molecule has 26 heavy (non-hydrogen) atoms. The molecule has 2 heterocycles. The summed E-state index contributed by atoms with van der Waals surface area (Å²) < 4.78 is 15.8. The second kappa shape index (κ2) is 7.86. The lowest BCUT2D eigenvalue weighted by molar-refractivity contribution is -0.127. The maximum Gasteiger partial charge on any atom is 0.231 e. The van der Waals surface area contributed by atoms with Crippen molar-refractivity contribution < 1.29 is 18.8 Å². The minimum absolute atomic E-state index is 0.0558. The summed E-state index contributed by atoms with van der Waals surface area (Å²) in [4.78, 5) is 14.7. The Morgan fingerprint density at radius 3 is 2.73 bits per heavy atom. The van der Waals surface area contributed by atoms with Crippen LogP contribution in [0.5, 0.6) is 11.5 Å². The minimum Gasteiger partial charge on any atom is -0.493 e. The second-order valence-corrected chi connectivity index (χ2v) is 7.10. The number of amides is 1. The van der Waals surface area contributed by atoms with E-state index in [0.29, 0.717) is 24.5 Å². The molecular formula is C19H22N2O4S. The molecule has 0 N–H and O–H groups in total. The van der Waals surface area contributed by atoms with Crippen molar-refractivity contribution in [2.75, 3.05) is 26.5 Å². The van der Waals surface area contributed by atoms with E-state index in [-0.39, 0.29) is 5.91 Å². The van der Waals surface area contributed by atoms with E-state index in [1.54, 1.807) is 26.0 Å². The molecule has 0 saturated carbocycles. The van der Waals surface area contributed by atoms with E-state index < -0.39 is 0 Å². The van der Waals surface area contributed by atoms with Gasteiger partial charge >= 0.3 is 0 Å². The lowest BCUT2D eigenvalue weighted by atomic mass is 10.1. The number of hydrogen-bond donors (Lipinski definition) is 0. The minimum atomic E-state index is 0.0558. The van der Waals surface area contributed by atoms with E-state index in [1.165, 1.54) is 0 Å². The van der Waals surface area contributed by atoms with Crippen molar-refractivity contribution in [1.29, 1.82) is 0 Å². The smallest absolute Gasteiger partial charge is 0.231 e. The molecule has 1 saturated heterocycles. The standard InChI is InChI=1S/C19H22N2O4S/c1-12-15(13(2)25-20-12)11-19-21(7-8-26-19)18(22)10-14-5-6-16(23-3)17(9-14)24-4/h5-6,9,11H,7-8,10H2,1-4H3/b19-11+. The summed E-state index contributed by atoms with van der Waals surface area (Å²) in [5, 5.41) is 4.91. The van der Waals surface area contributed by atoms with Crippen LogP contribution in [0.4, 0.5) is 0 Å². The Morgan fingerprint density at radius 2 is 2.08 bits per heavy atom. The van der Waals surface area contributed by atoms with Gasteiger partial charge in [0.1, 0.15) is 5.76 Å². The van der Waals surface area contributed by atoms with Crippen molar-refractivity contribution in [1.82, 2.24) is 10.1 Å². The van der Waals surface area contributed by atoms with Crippen LogP contribution in [0.1, 0.15) is 22.6 Å². The first-order chi connectivity index (χ1) is 12.5. The topological polar surface area (TPSA) is 64.8 Å². The van der Waals surface area contributed by atoms with Crippen molar-refractivity contribution in [3.8, 4) is 11.5 Å². The van der Waals surface area contributed by atoms with Gasteiger partial charge in [0.25, 0.3) is 0 Å². The maximum absolute atomic E-state index is 12.8. The monoisotopic (exact) mass is 374 g/mol. The zero-order chi connectivity index (χ0) is 18.7. The molecule has 3 rings (SSSR count). The van der Waals surface area contributed by atoms with Gasteiger partial charge in [0.2, 0.25) is 5.91 Å². The van der Waals surface area contributed by atoms with Crippen LogP contribution in [0.15, 0.2) is 27.8 Å². The number of benzene rings is 1. The largest absolute Gasteiger partial charge is 0.493 e. The van der Waals surface area contributed by atoms with Crippen LogP contribution in [0.3, 0.4) is 0 Å². The number of methoxy groups -OCH3 is 2. The Balaban J connectivity index is 1.79. The zero-order valence-corrected chi connectivity index (χ0v) is 16.2. The van der Waals surface area contributed by atoms with Gasteiger partial charge in [-0.3, -0.25) is 4.79 Å². The number of thioether (sulfide) groups is 1. The van der Waals surface area contributed by atoms with Crippen molar-refractivity contribution in [3.05, 3.63) is 45.8 Å². The highest BCUT2D eigenvalue weighted by atomic mass is 32.2. The Morgan fingerprint density at radius 1 is 1.31 bits per heavy atom. The van der Waals surface area contributed by atoms with Gasteiger partial charge in [-0.25, -0.2) is 0 Å². The molecule has 0 bridgehead atoms. The third-order valence-corrected chi connectivity index (χ3v) is 5.31. The Hall–Kier alpha value is -2.41. The summed E-state index contributed by atoms with van der Waals surface area (Å²) in [7, 11) is 3.18. The van der Waals surface area contributed by atoms with Crippen LogP contribution in [0.2, 0.25) is 0 Å². The van der Waals surface area contributed by atoms with Crippen LogP contribution < -0.4 is 9.47 Å². The summed E-state index contributed by atoms with van der Waals surface area (Å²) in [5.41, 5.74) is 2.66. The molecule has 1 amide bonds. The molecule has 7 heteroatoms. The highest BCUT2D eigenvalue weighted by Crippen LogP contribution is 2.33. The zero-order valence-electron chi connectivity index (χ0n) is 15.4. The molecule has 2 aromatic rings. The van der Waals surface area contributed by atoms with Crippen LogP contribution in [0, 0.1) is 13.8 Å². The fourth-order valence-electron chi connectivity index (χ4n) is 2.88. The SMILES string of the molecule is COc1ccc(CC(=O)N2CCS/C2=C/c2c(C)noc2C)cc1OC. The molecule has 1 fully saturated rings. The third-order valence-electron chi connectivity index (χ3n) is 4.29. The predicted octanol–water partition coefficient (Wildman–Crippen LogP) is 3.43. The number of carbonyl (C=O) groups is 1. The van der Waals surface area contributed by atoms with Gasteiger partial charge in [0.15, 0.2) is 11.5 Å². The molecular weight excluding hydrogens is 352 g/mol.